The van der Waals surface area contributed by atoms with E-state index in [0.29, 0.717) is 25.6 Å². The number of nitrogens with zero attached hydrogens (tertiary/aromatic N) is 1. The third-order valence-corrected chi connectivity index (χ3v) is 4.38. The van der Waals surface area contributed by atoms with Crippen molar-refractivity contribution in [2.24, 2.45) is 5.41 Å². The van der Waals surface area contributed by atoms with Crippen molar-refractivity contribution >= 4 is 23.2 Å². The maximum atomic E-state index is 12.4. The van der Waals surface area contributed by atoms with Crippen LogP contribution in [0, 0.1) is 5.41 Å². The van der Waals surface area contributed by atoms with Crippen LogP contribution in [0.5, 0.6) is 0 Å². The molecule has 1 aliphatic rings. The quantitative estimate of drug-likeness (QED) is 0.878. The molecule has 0 saturated heterocycles. The lowest BCUT2D eigenvalue weighted by Crippen LogP contribution is -2.39. The molecule has 1 fully saturated rings. The molecule has 1 saturated carbocycles. The summed E-state index contributed by atoms with van der Waals surface area (Å²) in [6, 6.07) is 4.48. The fourth-order valence-electron chi connectivity index (χ4n) is 2.07. The average Bonchev–Trinajstić information content (AvgIpc) is 3.11. The molecule has 0 spiro atoms. The Morgan fingerprint density at radius 3 is 2.62 bits per heavy atom. The monoisotopic (exact) mass is 308 g/mol. The van der Waals surface area contributed by atoms with Crippen LogP contribution in [0.3, 0.4) is 0 Å². The molecular weight excluding hydrogens is 284 g/mol. The summed E-state index contributed by atoms with van der Waals surface area (Å²) >= 11 is 1.68. The van der Waals surface area contributed by atoms with Gasteiger partial charge in [0, 0.05) is 29.3 Å². The van der Waals surface area contributed by atoms with E-state index in [1.165, 1.54) is 4.88 Å². The molecule has 0 aromatic carbocycles. The Morgan fingerprint density at radius 1 is 1.38 bits per heavy atom. The number of carbonyl (C=O) groups excluding carboxylic acids is 2. The second-order valence-electron chi connectivity index (χ2n) is 6.59. The van der Waals surface area contributed by atoms with E-state index >= 15 is 0 Å². The zero-order chi connectivity index (χ0) is 15.5. The molecule has 1 aromatic rings. The van der Waals surface area contributed by atoms with E-state index in [2.05, 4.69) is 11.4 Å². The van der Waals surface area contributed by atoms with Crippen LogP contribution in [-0.4, -0.2) is 29.3 Å². The fourth-order valence-corrected chi connectivity index (χ4v) is 2.77. The zero-order valence-corrected chi connectivity index (χ0v) is 13.8. The topological polar surface area (TPSA) is 49.4 Å². The minimum absolute atomic E-state index is 0.00784. The molecule has 0 bridgehead atoms. The number of amides is 2. The average molecular weight is 308 g/mol. The van der Waals surface area contributed by atoms with Crippen LogP contribution >= 0.6 is 11.3 Å². The van der Waals surface area contributed by atoms with Crippen molar-refractivity contribution in [1.29, 1.82) is 0 Å². The number of thiophene rings is 1. The van der Waals surface area contributed by atoms with Crippen LogP contribution in [0.4, 0.5) is 0 Å². The van der Waals surface area contributed by atoms with E-state index in [0.717, 1.165) is 12.8 Å². The smallest absolute Gasteiger partial charge is 0.225 e. The Labute approximate surface area is 130 Å². The second-order valence-corrected chi connectivity index (χ2v) is 7.62. The summed E-state index contributed by atoms with van der Waals surface area (Å²) in [5.41, 5.74) is -0.407. The highest BCUT2D eigenvalue weighted by molar-refractivity contribution is 7.09. The van der Waals surface area contributed by atoms with Gasteiger partial charge < -0.3 is 10.2 Å². The highest BCUT2D eigenvalue weighted by Crippen LogP contribution is 2.29. The van der Waals surface area contributed by atoms with Crippen LogP contribution in [0.15, 0.2) is 17.5 Å². The Hall–Kier alpha value is -1.36. The number of hydrogen-bond acceptors (Lipinski definition) is 3. The Bertz CT molecular complexity index is 487. The van der Waals surface area contributed by atoms with Crippen molar-refractivity contribution in [3.05, 3.63) is 22.4 Å². The maximum absolute atomic E-state index is 12.4. The summed E-state index contributed by atoms with van der Waals surface area (Å²) in [5.74, 6) is 0.131. The van der Waals surface area contributed by atoms with Crippen molar-refractivity contribution < 1.29 is 9.59 Å². The summed E-state index contributed by atoms with van der Waals surface area (Å²) < 4.78 is 0. The van der Waals surface area contributed by atoms with Crippen molar-refractivity contribution in [2.45, 2.75) is 52.6 Å². The van der Waals surface area contributed by atoms with Gasteiger partial charge in [0.2, 0.25) is 11.8 Å². The van der Waals surface area contributed by atoms with Gasteiger partial charge in [0.15, 0.2) is 0 Å². The SMILES string of the molecule is CC(C)(C)C(=O)NCCC(=O)N(Cc1cccs1)C1CC1. The van der Waals surface area contributed by atoms with Crippen molar-refractivity contribution in [2.75, 3.05) is 6.54 Å². The molecule has 0 unspecified atom stereocenters. The van der Waals surface area contributed by atoms with Gasteiger partial charge in [0.25, 0.3) is 0 Å². The zero-order valence-electron chi connectivity index (χ0n) is 13.0. The fraction of sp³-hybridized carbons (Fsp3) is 0.625. The van der Waals surface area contributed by atoms with E-state index in [1.807, 2.05) is 37.1 Å². The molecule has 1 aliphatic carbocycles. The predicted octanol–water partition coefficient (Wildman–Crippen LogP) is 2.79. The molecular formula is C16H24N2O2S. The molecule has 1 aromatic heterocycles. The van der Waals surface area contributed by atoms with Gasteiger partial charge in [-0.2, -0.15) is 0 Å². The first kappa shape index (κ1) is 16.0. The second kappa shape index (κ2) is 6.60. The van der Waals surface area contributed by atoms with Crippen LogP contribution in [0.1, 0.15) is 44.9 Å². The molecule has 1 heterocycles. The molecule has 0 radical (unpaired) electrons. The van der Waals surface area contributed by atoms with Gasteiger partial charge in [0.1, 0.15) is 0 Å². The highest BCUT2D eigenvalue weighted by atomic mass is 32.1. The predicted molar refractivity (Wildman–Crippen MR) is 85.0 cm³/mol. The van der Waals surface area contributed by atoms with Gasteiger partial charge in [-0.05, 0) is 24.3 Å². The van der Waals surface area contributed by atoms with Crippen LogP contribution < -0.4 is 5.32 Å². The maximum Gasteiger partial charge on any atom is 0.225 e. The molecule has 21 heavy (non-hydrogen) atoms. The first-order chi connectivity index (χ1) is 9.88. The minimum Gasteiger partial charge on any atom is -0.355 e. The first-order valence-corrected chi connectivity index (χ1v) is 8.36. The molecule has 2 amide bonds. The molecule has 1 N–H and O–H groups in total. The van der Waals surface area contributed by atoms with E-state index in [9.17, 15) is 9.59 Å². The molecule has 4 nitrogen and oxygen atoms in total. The van der Waals surface area contributed by atoms with Crippen molar-refractivity contribution in [3.8, 4) is 0 Å². The lowest BCUT2D eigenvalue weighted by atomic mass is 9.96. The molecule has 2 rings (SSSR count). The minimum atomic E-state index is -0.407. The van der Waals surface area contributed by atoms with Crippen molar-refractivity contribution in [1.82, 2.24) is 10.2 Å². The van der Waals surface area contributed by atoms with Gasteiger partial charge in [-0.15, -0.1) is 11.3 Å². The third kappa shape index (κ3) is 4.84. The van der Waals surface area contributed by atoms with Gasteiger partial charge in [-0.25, -0.2) is 0 Å². The lowest BCUT2D eigenvalue weighted by Gasteiger charge is -2.23. The Balaban J connectivity index is 1.81. The molecule has 116 valence electrons. The van der Waals surface area contributed by atoms with Gasteiger partial charge in [-0.3, -0.25) is 9.59 Å². The molecule has 0 aliphatic heterocycles. The first-order valence-electron chi connectivity index (χ1n) is 7.48. The van der Waals surface area contributed by atoms with Crippen LogP contribution in [-0.2, 0) is 16.1 Å². The summed E-state index contributed by atoms with van der Waals surface area (Å²) in [7, 11) is 0. The Morgan fingerprint density at radius 2 is 2.10 bits per heavy atom. The Kier molecular flexibility index (Phi) is 5.04. The highest BCUT2D eigenvalue weighted by Gasteiger charge is 2.32. The normalized spacial score (nSPS) is 14.8. The summed E-state index contributed by atoms with van der Waals surface area (Å²) in [4.78, 5) is 27.3. The van der Waals surface area contributed by atoms with Crippen LogP contribution in [0.25, 0.3) is 0 Å². The number of rotatable bonds is 6. The molecule has 0 atom stereocenters. The van der Waals surface area contributed by atoms with Gasteiger partial charge >= 0.3 is 0 Å². The van der Waals surface area contributed by atoms with E-state index in [1.54, 1.807) is 11.3 Å². The summed E-state index contributed by atoms with van der Waals surface area (Å²) in [5, 5.41) is 4.88. The summed E-state index contributed by atoms with van der Waals surface area (Å²) in [6.45, 7) is 6.74. The third-order valence-electron chi connectivity index (χ3n) is 3.52. The van der Waals surface area contributed by atoms with Crippen molar-refractivity contribution in [3.63, 3.8) is 0 Å². The standard InChI is InChI=1S/C16H24N2O2S/c1-16(2,3)15(20)17-9-8-14(19)18(12-6-7-12)11-13-5-4-10-21-13/h4-5,10,12H,6-9,11H2,1-3H3,(H,17,20). The van der Waals surface area contributed by atoms with E-state index < -0.39 is 5.41 Å². The van der Waals surface area contributed by atoms with Gasteiger partial charge in [0.05, 0.1) is 6.54 Å². The number of nitrogens with one attached hydrogen (secondary N) is 1. The van der Waals surface area contributed by atoms with Crippen LogP contribution in [0.2, 0.25) is 0 Å². The number of hydrogen-bond donors (Lipinski definition) is 1. The molecule has 5 heteroatoms. The number of carbonyl (C=O) groups is 2. The van der Waals surface area contributed by atoms with E-state index in [4.69, 9.17) is 0 Å². The summed E-state index contributed by atoms with van der Waals surface area (Å²) in [6.07, 6.45) is 2.58. The van der Waals surface area contributed by atoms with Gasteiger partial charge in [-0.1, -0.05) is 26.8 Å². The van der Waals surface area contributed by atoms with E-state index in [-0.39, 0.29) is 11.8 Å². The lowest BCUT2D eigenvalue weighted by molar-refractivity contribution is -0.132. The largest absolute Gasteiger partial charge is 0.355 e.